The lowest BCUT2D eigenvalue weighted by Gasteiger charge is -2.02. The molecule has 15 heavy (non-hydrogen) atoms. The minimum Gasteiger partial charge on any atom is -0.317 e. The lowest BCUT2D eigenvalue weighted by molar-refractivity contribution is 0.598. The summed E-state index contributed by atoms with van der Waals surface area (Å²) in [5, 5.41) is 3.36. The van der Waals surface area contributed by atoms with E-state index in [1.165, 1.54) is 44.2 Å². The van der Waals surface area contributed by atoms with E-state index in [0.29, 0.717) is 0 Å². The topological polar surface area (TPSA) is 12.0 Å². The van der Waals surface area contributed by atoms with Crippen molar-refractivity contribution in [3.8, 4) is 0 Å². The summed E-state index contributed by atoms with van der Waals surface area (Å²) in [5.41, 5.74) is 1.48. The fourth-order valence-corrected chi connectivity index (χ4v) is 1.75. The van der Waals surface area contributed by atoms with Crippen LogP contribution >= 0.6 is 0 Å². The molecule has 0 aliphatic heterocycles. The molecule has 0 heterocycles. The molecule has 0 atom stereocenters. The van der Waals surface area contributed by atoms with E-state index in [9.17, 15) is 0 Å². The van der Waals surface area contributed by atoms with Gasteiger partial charge in [0.2, 0.25) is 0 Å². The van der Waals surface area contributed by atoms with Gasteiger partial charge in [0, 0.05) is 0 Å². The van der Waals surface area contributed by atoms with Crippen molar-refractivity contribution in [2.24, 2.45) is 0 Å². The number of benzene rings is 1. The van der Waals surface area contributed by atoms with Gasteiger partial charge in [-0.2, -0.15) is 0 Å². The van der Waals surface area contributed by atoms with E-state index >= 15 is 0 Å². The van der Waals surface area contributed by atoms with Gasteiger partial charge in [0.25, 0.3) is 0 Å². The van der Waals surface area contributed by atoms with Gasteiger partial charge in [-0.05, 0) is 37.9 Å². The quantitative estimate of drug-likeness (QED) is 0.641. The second-order valence-electron chi connectivity index (χ2n) is 4.00. The second-order valence-corrected chi connectivity index (χ2v) is 4.00. The van der Waals surface area contributed by atoms with Crippen LogP contribution in [0.2, 0.25) is 0 Å². The Hall–Kier alpha value is -0.820. The minimum atomic E-state index is 1.10. The Kier molecular flexibility index (Phi) is 6.93. The molecule has 0 fully saturated rings. The summed E-state index contributed by atoms with van der Waals surface area (Å²) < 4.78 is 0. The molecule has 1 aromatic rings. The van der Waals surface area contributed by atoms with Crippen LogP contribution in [0.3, 0.4) is 0 Å². The van der Waals surface area contributed by atoms with Crippen molar-refractivity contribution in [2.75, 3.05) is 13.1 Å². The predicted molar refractivity (Wildman–Crippen MR) is 67.2 cm³/mol. The van der Waals surface area contributed by atoms with Crippen LogP contribution in [0.1, 0.15) is 38.2 Å². The molecule has 0 aromatic heterocycles. The standard InChI is InChI=1S/C14H23N/c1-2-15-13-9-4-3-6-10-14-11-7-5-8-12-14/h5,7-8,11-12,15H,2-4,6,9-10,13H2,1H3. The Morgan fingerprint density at radius 2 is 1.67 bits per heavy atom. The Morgan fingerprint density at radius 1 is 0.933 bits per heavy atom. The summed E-state index contributed by atoms with van der Waals surface area (Å²) in [6, 6.07) is 10.8. The van der Waals surface area contributed by atoms with E-state index < -0.39 is 0 Å². The zero-order chi connectivity index (χ0) is 10.8. The molecule has 1 aromatic carbocycles. The molecule has 1 nitrogen and oxygen atoms in total. The minimum absolute atomic E-state index is 1.10. The highest BCUT2D eigenvalue weighted by atomic mass is 14.8. The Morgan fingerprint density at radius 3 is 2.40 bits per heavy atom. The summed E-state index contributed by atoms with van der Waals surface area (Å²) in [5.74, 6) is 0. The maximum absolute atomic E-state index is 3.36. The van der Waals surface area contributed by atoms with Crippen LogP contribution in [0.5, 0.6) is 0 Å². The predicted octanol–water partition coefficient (Wildman–Crippen LogP) is 3.40. The number of nitrogens with one attached hydrogen (secondary N) is 1. The first kappa shape index (κ1) is 12.3. The largest absolute Gasteiger partial charge is 0.317 e. The van der Waals surface area contributed by atoms with Gasteiger partial charge in [-0.15, -0.1) is 0 Å². The van der Waals surface area contributed by atoms with Gasteiger partial charge in [0.15, 0.2) is 0 Å². The molecule has 84 valence electrons. The number of hydrogen-bond donors (Lipinski definition) is 1. The zero-order valence-electron chi connectivity index (χ0n) is 9.84. The van der Waals surface area contributed by atoms with Gasteiger partial charge in [0.1, 0.15) is 0 Å². The Balaban J connectivity index is 1.93. The first-order valence-corrected chi connectivity index (χ1v) is 6.18. The first-order chi connectivity index (χ1) is 7.43. The highest BCUT2D eigenvalue weighted by Gasteiger charge is 1.92. The lowest BCUT2D eigenvalue weighted by atomic mass is 10.1. The van der Waals surface area contributed by atoms with E-state index in [1.54, 1.807) is 0 Å². The van der Waals surface area contributed by atoms with Gasteiger partial charge < -0.3 is 5.32 Å². The monoisotopic (exact) mass is 205 g/mol. The van der Waals surface area contributed by atoms with Crippen LogP contribution in [0, 0.1) is 0 Å². The Bertz CT molecular complexity index is 230. The molecule has 0 spiro atoms. The van der Waals surface area contributed by atoms with E-state index in [1.807, 2.05) is 0 Å². The summed E-state index contributed by atoms with van der Waals surface area (Å²) in [6.45, 7) is 4.45. The third kappa shape index (κ3) is 6.29. The fraction of sp³-hybridized carbons (Fsp3) is 0.571. The number of aryl methyl sites for hydroxylation is 1. The Labute approximate surface area is 93.9 Å². The highest BCUT2D eigenvalue weighted by molar-refractivity contribution is 5.14. The maximum Gasteiger partial charge on any atom is -0.00490 e. The van der Waals surface area contributed by atoms with Crippen LogP contribution in [-0.4, -0.2) is 13.1 Å². The van der Waals surface area contributed by atoms with Gasteiger partial charge >= 0.3 is 0 Å². The lowest BCUT2D eigenvalue weighted by Crippen LogP contribution is -2.13. The molecule has 0 radical (unpaired) electrons. The SMILES string of the molecule is CCNCCCCCCc1ccccc1. The number of unbranched alkanes of at least 4 members (excludes halogenated alkanes) is 3. The van der Waals surface area contributed by atoms with E-state index in [-0.39, 0.29) is 0 Å². The van der Waals surface area contributed by atoms with Gasteiger partial charge in [-0.25, -0.2) is 0 Å². The van der Waals surface area contributed by atoms with Crippen molar-refractivity contribution in [3.05, 3.63) is 35.9 Å². The number of hydrogen-bond acceptors (Lipinski definition) is 1. The van der Waals surface area contributed by atoms with E-state index in [2.05, 4.69) is 42.6 Å². The van der Waals surface area contributed by atoms with Crippen molar-refractivity contribution < 1.29 is 0 Å². The average Bonchev–Trinajstić information content (AvgIpc) is 2.29. The van der Waals surface area contributed by atoms with Crippen LogP contribution in [0.4, 0.5) is 0 Å². The molecule has 0 unspecified atom stereocenters. The van der Waals surface area contributed by atoms with Crippen molar-refractivity contribution in [3.63, 3.8) is 0 Å². The molecular formula is C14H23N. The fourth-order valence-electron chi connectivity index (χ4n) is 1.75. The third-order valence-corrected chi connectivity index (χ3v) is 2.66. The molecule has 1 rings (SSSR count). The summed E-state index contributed by atoms with van der Waals surface area (Å²) in [7, 11) is 0. The third-order valence-electron chi connectivity index (χ3n) is 2.66. The zero-order valence-corrected chi connectivity index (χ0v) is 9.84. The van der Waals surface area contributed by atoms with Crippen LogP contribution in [0.15, 0.2) is 30.3 Å². The molecule has 0 aliphatic carbocycles. The summed E-state index contributed by atoms with van der Waals surface area (Å²) in [6.07, 6.45) is 6.61. The molecule has 0 aliphatic rings. The van der Waals surface area contributed by atoms with Crippen molar-refractivity contribution in [2.45, 2.75) is 39.0 Å². The molecule has 0 saturated carbocycles. The van der Waals surface area contributed by atoms with E-state index in [4.69, 9.17) is 0 Å². The first-order valence-electron chi connectivity index (χ1n) is 6.18. The molecule has 1 heteroatoms. The van der Waals surface area contributed by atoms with Crippen molar-refractivity contribution in [1.82, 2.24) is 5.32 Å². The smallest absolute Gasteiger partial charge is 0.00490 e. The van der Waals surface area contributed by atoms with Gasteiger partial charge in [-0.1, -0.05) is 50.1 Å². The van der Waals surface area contributed by atoms with Gasteiger partial charge in [-0.3, -0.25) is 0 Å². The van der Waals surface area contributed by atoms with Crippen molar-refractivity contribution >= 4 is 0 Å². The summed E-state index contributed by atoms with van der Waals surface area (Å²) >= 11 is 0. The molecule has 1 N–H and O–H groups in total. The van der Waals surface area contributed by atoms with Crippen LogP contribution in [0.25, 0.3) is 0 Å². The normalized spacial score (nSPS) is 10.5. The second kappa shape index (κ2) is 8.49. The molecule has 0 saturated heterocycles. The van der Waals surface area contributed by atoms with Gasteiger partial charge in [0.05, 0.1) is 0 Å². The maximum atomic E-state index is 3.36. The highest BCUT2D eigenvalue weighted by Crippen LogP contribution is 2.06. The number of rotatable bonds is 8. The van der Waals surface area contributed by atoms with Crippen LogP contribution < -0.4 is 5.32 Å². The average molecular weight is 205 g/mol. The summed E-state index contributed by atoms with van der Waals surface area (Å²) in [4.78, 5) is 0. The van der Waals surface area contributed by atoms with Crippen LogP contribution in [-0.2, 0) is 6.42 Å². The van der Waals surface area contributed by atoms with Crippen molar-refractivity contribution in [1.29, 1.82) is 0 Å². The molecule has 0 amide bonds. The molecule has 0 bridgehead atoms. The van der Waals surface area contributed by atoms with E-state index in [0.717, 1.165) is 6.54 Å². The molecular weight excluding hydrogens is 182 g/mol.